The quantitative estimate of drug-likeness (QED) is 0.444. The maximum absolute atomic E-state index is 10.4. The Morgan fingerprint density at radius 3 is 2.67 bits per heavy atom. The summed E-state index contributed by atoms with van der Waals surface area (Å²) in [4.78, 5) is 11.5. The number of rotatable bonds is 3. The summed E-state index contributed by atoms with van der Waals surface area (Å²) in [5.41, 5.74) is 0. The highest BCUT2D eigenvalue weighted by molar-refractivity contribution is 7.99. The van der Waals surface area contributed by atoms with Crippen molar-refractivity contribution in [3.8, 4) is 0 Å². The van der Waals surface area contributed by atoms with E-state index >= 15 is 0 Å². The van der Waals surface area contributed by atoms with E-state index < -0.39 is 0 Å². The van der Waals surface area contributed by atoms with Crippen LogP contribution >= 0.6 is 24.4 Å². The van der Waals surface area contributed by atoms with Crippen LogP contribution in [-0.4, -0.2) is 11.1 Å². The van der Waals surface area contributed by atoms with Crippen molar-refractivity contribution in [1.82, 2.24) is 5.32 Å². The second-order valence-corrected chi connectivity index (χ2v) is 3.54. The van der Waals surface area contributed by atoms with Gasteiger partial charge in [0.1, 0.15) is 0 Å². The Kier molecular flexibility index (Phi) is 4.04. The molecular formula is C8H9NOS2. The second kappa shape index (κ2) is 5.11. The number of nitrogens with one attached hydrogen (secondary N) is 1. The van der Waals surface area contributed by atoms with E-state index in [0.717, 1.165) is 4.90 Å². The number of benzene rings is 1. The number of carbonyl (C=O) groups excluding carboxylic acids is 1. The number of thioether (sulfide) groups is 1. The molecule has 1 N–H and O–H groups in total. The third-order valence-electron chi connectivity index (χ3n) is 1.21. The Bertz CT molecular complexity index is 250. The first-order valence-corrected chi connectivity index (χ1v) is 4.87. The molecular weight excluding hydrogens is 190 g/mol. The highest BCUT2D eigenvalue weighted by Gasteiger charge is 1.92. The average molecular weight is 199 g/mol. The lowest BCUT2D eigenvalue weighted by molar-refractivity contribution is 0.262. The zero-order chi connectivity index (χ0) is 8.81. The zero-order valence-corrected chi connectivity index (χ0v) is 8.07. The molecule has 2 nitrogen and oxygen atoms in total. The van der Waals surface area contributed by atoms with Crippen LogP contribution in [-0.2, 0) is 0 Å². The van der Waals surface area contributed by atoms with E-state index in [1.165, 1.54) is 0 Å². The molecule has 1 aromatic rings. The number of hydrogen-bond donors (Lipinski definition) is 2. The highest BCUT2D eigenvalue weighted by atomic mass is 32.2. The van der Waals surface area contributed by atoms with Crippen LogP contribution in [0, 0.1) is 0 Å². The van der Waals surface area contributed by atoms with Gasteiger partial charge < -0.3 is 5.32 Å². The Labute approximate surface area is 81.2 Å². The predicted octanol–water partition coefficient (Wildman–Crippen LogP) is 2.38. The summed E-state index contributed by atoms with van der Waals surface area (Å²) in [5.74, 6) is 0.562. The van der Waals surface area contributed by atoms with Gasteiger partial charge in [-0.25, -0.2) is 0 Å². The molecule has 0 saturated carbocycles. The van der Waals surface area contributed by atoms with E-state index in [-0.39, 0.29) is 5.24 Å². The van der Waals surface area contributed by atoms with Crippen LogP contribution in [0.15, 0.2) is 35.2 Å². The molecule has 0 fully saturated rings. The fourth-order valence-electron chi connectivity index (χ4n) is 0.698. The summed E-state index contributed by atoms with van der Waals surface area (Å²) in [5, 5.41) is 2.29. The summed E-state index contributed by atoms with van der Waals surface area (Å²) in [6, 6.07) is 9.88. The lowest BCUT2D eigenvalue weighted by Gasteiger charge is -2.00. The van der Waals surface area contributed by atoms with Gasteiger partial charge in [-0.2, -0.15) is 0 Å². The minimum absolute atomic E-state index is 0.293. The van der Waals surface area contributed by atoms with E-state index in [2.05, 4.69) is 17.9 Å². The Hall–Kier alpha value is -0.610. The minimum atomic E-state index is -0.293. The lowest BCUT2D eigenvalue weighted by atomic mass is 10.4. The molecule has 0 aliphatic carbocycles. The van der Waals surface area contributed by atoms with Gasteiger partial charge in [-0.05, 0) is 12.1 Å². The Morgan fingerprint density at radius 1 is 1.42 bits per heavy atom. The number of hydrogen-bond acceptors (Lipinski definition) is 2. The fourth-order valence-corrected chi connectivity index (χ4v) is 1.60. The van der Waals surface area contributed by atoms with Gasteiger partial charge in [-0.3, -0.25) is 4.79 Å². The Balaban J connectivity index is 2.29. The standard InChI is InChI=1S/C8H9NOS2/c10-8(11)9-6-12-7-4-2-1-3-5-7/h1-5H,6H2,(H2,9,10,11). The molecule has 4 heteroatoms. The molecule has 0 aliphatic rings. The predicted molar refractivity (Wildman–Crippen MR) is 54.7 cm³/mol. The maximum Gasteiger partial charge on any atom is 0.276 e. The molecule has 0 atom stereocenters. The SMILES string of the molecule is O=C(S)NCSc1ccccc1. The smallest absolute Gasteiger partial charge is 0.276 e. The molecule has 0 spiro atoms. The van der Waals surface area contributed by atoms with Crippen molar-refractivity contribution in [1.29, 1.82) is 0 Å². The summed E-state index contributed by atoms with van der Waals surface area (Å²) in [6.45, 7) is 0. The van der Waals surface area contributed by atoms with Crippen LogP contribution in [0.4, 0.5) is 4.79 Å². The Morgan fingerprint density at radius 2 is 2.08 bits per heavy atom. The number of carbonyl (C=O) groups is 1. The molecule has 0 heterocycles. The van der Waals surface area contributed by atoms with Crippen molar-refractivity contribution >= 4 is 29.6 Å². The van der Waals surface area contributed by atoms with Crippen LogP contribution < -0.4 is 5.32 Å². The minimum Gasteiger partial charge on any atom is -0.338 e. The van der Waals surface area contributed by atoms with Crippen molar-refractivity contribution in [2.24, 2.45) is 0 Å². The van der Waals surface area contributed by atoms with Crippen LogP contribution in [0.2, 0.25) is 0 Å². The number of amides is 1. The van der Waals surface area contributed by atoms with E-state index in [4.69, 9.17) is 0 Å². The van der Waals surface area contributed by atoms with Crippen LogP contribution in [0.25, 0.3) is 0 Å². The molecule has 0 radical (unpaired) electrons. The summed E-state index contributed by atoms with van der Waals surface area (Å²) < 4.78 is 0. The van der Waals surface area contributed by atoms with Crippen LogP contribution in [0.5, 0.6) is 0 Å². The van der Waals surface area contributed by atoms with E-state index in [9.17, 15) is 4.79 Å². The normalized spacial score (nSPS) is 9.42. The van der Waals surface area contributed by atoms with Gasteiger partial charge in [-0.15, -0.1) is 11.8 Å². The molecule has 64 valence electrons. The van der Waals surface area contributed by atoms with Crippen molar-refractivity contribution < 1.29 is 4.79 Å². The highest BCUT2D eigenvalue weighted by Crippen LogP contribution is 2.14. The second-order valence-electron chi connectivity index (χ2n) is 2.08. The van der Waals surface area contributed by atoms with Gasteiger partial charge in [-0.1, -0.05) is 30.8 Å². The maximum atomic E-state index is 10.4. The first kappa shape index (κ1) is 9.48. The fraction of sp³-hybridized carbons (Fsp3) is 0.125. The van der Waals surface area contributed by atoms with Gasteiger partial charge in [0, 0.05) is 4.90 Å². The van der Waals surface area contributed by atoms with E-state index in [1.54, 1.807) is 11.8 Å². The van der Waals surface area contributed by atoms with Crippen molar-refractivity contribution in [3.05, 3.63) is 30.3 Å². The van der Waals surface area contributed by atoms with Gasteiger partial charge in [0.15, 0.2) is 0 Å². The summed E-state index contributed by atoms with van der Waals surface area (Å²) in [6.07, 6.45) is 0. The lowest BCUT2D eigenvalue weighted by Crippen LogP contribution is -2.14. The van der Waals surface area contributed by atoms with Crippen molar-refractivity contribution in [2.75, 3.05) is 5.88 Å². The average Bonchev–Trinajstić information content (AvgIpc) is 2.05. The van der Waals surface area contributed by atoms with Gasteiger partial charge in [0.05, 0.1) is 5.88 Å². The largest absolute Gasteiger partial charge is 0.338 e. The van der Waals surface area contributed by atoms with Gasteiger partial charge >= 0.3 is 0 Å². The van der Waals surface area contributed by atoms with E-state index in [0.29, 0.717) is 5.88 Å². The first-order valence-electron chi connectivity index (χ1n) is 3.43. The van der Waals surface area contributed by atoms with Crippen molar-refractivity contribution in [2.45, 2.75) is 4.90 Å². The summed E-state index contributed by atoms with van der Waals surface area (Å²) >= 11 is 5.15. The molecule has 0 aliphatic heterocycles. The van der Waals surface area contributed by atoms with Crippen LogP contribution in [0.3, 0.4) is 0 Å². The molecule has 12 heavy (non-hydrogen) atoms. The molecule has 0 unspecified atom stereocenters. The molecule has 1 amide bonds. The third kappa shape index (κ3) is 3.69. The number of thiol groups is 1. The molecule has 0 aromatic heterocycles. The molecule has 0 saturated heterocycles. The van der Waals surface area contributed by atoms with Gasteiger partial charge in [0.2, 0.25) is 0 Å². The van der Waals surface area contributed by atoms with Crippen LogP contribution in [0.1, 0.15) is 0 Å². The van der Waals surface area contributed by atoms with Gasteiger partial charge in [0.25, 0.3) is 5.24 Å². The first-order chi connectivity index (χ1) is 5.79. The zero-order valence-electron chi connectivity index (χ0n) is 6.36. The topological polar surface area (TPSA) is 29.1 Å². The van der Waals surface area contributed by atoms with E-state index in [1.807, 2.05) is 30.3 Å². The molecule has 1 rings (SSSR count). The summed E-state index contributed by atoms with van der Waals surface area (Å²) in [7, 11) is 0. The monoisotopic (exact) mass is 199 g/mol. The molecule has 1 aromatic carbocycles. The van der Waals surface area contributed by atoms with Crippen molar-refractivity contribution in [3.63, 3.8) is 0 Å². The third-order valence-corrected chi connectivity index (χ3v) is 2.26. The molecule has 0 bridgehead atoms.